The number of carbonyl (C=O) groups excluding carboxylic acids is 8. The summed E-state index contributed by atoms with van der Waals surface area (Å²) in [5.74, 6) is -11.3. The molecule has 1 radical (unpaired) electrons. The minimum atomic E-state index is -1.73. The van der Waals surface area contributed by atoms with E-state index in [1.807, 2.05) is 0 Å². The third kappa shape index (κ3) is 29.3. The zero-order chi connectivity index (χ0) is 72.7. The molecule has 1 aromatic heterocycles. The fraction of sp³-hybridized carbons (Fsp3) is 0.523. The molecule has 10 atom stereocenters. The largest absolute Gasteiger partial charge is 0.508 e. The summed E-state index contributed by atoms with van der Waals surface area (Å²) < 4.78 is 0. The van der Waals surface area contributed by atoms with Crippen LogP contribution in [0.4, 0.5) is 0 Å². The summed E-state index contributed by atoms with van der Waals surface area (Å²) in [7, 11) is 0. The predicted molar refractivity (Wildman–Crippen MR) is 369 cm³/mol. The molecule has 0 unspecified atom stereocenters. The Balaban J connectivity index is 0.0000212. The summed E-state index contributed by atoms with van der Waals surface area (Å²) in [4.78, 5) is 160. The van der Waals surface area contributed by atoms with E-state index in [0.29, 0.717) is 34.0 Å². The molecule has 3 aromatic carbocycles. The Hall–Kier alpha value is -7.35. The van der Waals surface area contributed by atoms with Crippen LogP contribution in [0.15, 0.2) is 85.1 Å². The minimum absolute atomic E-state index is 0. The Kier molecular flexibility index (Phi) is 37.5. The number of aliphatic hydroxyl groups is 3. The van der Waals surface area contributed by atoms with Gasteiger partial charge in [0.05, 0.1) is 51.0 Å². The van der Waals surface area contributed by atoms with Crippen LogP contribution in [-0.4, -0.2) is 289 Å². The first-order valence-corrected chi connectivity index (χ1v) is 33.7. The zero-order valence-electron chi connectivity index (χ0n) is 55.9. The molecule has 1 aliphatic heterocycles. The van der Waals surface area contributed by atoms with Gasteiger partial charge in [-0.15, -0.1) is 0 Å². The average molecular weight is 1510 g/mol. The molecule has 1 fully saturated rings. The van der Waals surface area contributed by atoms with Gasteiger partial charge in [0.15, 0.2) is 0 Å². The fourth-order valence-electron chi connectivity index (χ4n) is 10.9. The third-order valence-corrected chi connectivity index (χ3v) is 17.2. The van der Waals surface area contributed by atoms with Crippen molar-refractivity contribution in [2.45, 2.75) is 113 Å². The van der Waals surface area contributed by atoms with E-state index < -0.39 is 145 Å². The number of phenolic OH excluding ortho intramolecular Hbond substituents is 1. The van der Waals surface area contributed by atoms with E-state index in [2.05, 4.69) is 72.8 Å². The number of para-hydroxylation sites is 1. The quantitative estimate of drug-likeness (QED) is 0.0150. The minimum Gasteiger partial charge on any atom is -0.508 e. The van der Waals surface area contributed by atoms with Crippen LogP contribution in [0.1, 0.15) is 49.8 Å². The fourth-order valence-corrected chi connectivity index (χ4v) is 11.4. The Morgan fingerprint density at radius 2 is 0.900 bits per heavy atom. The van der Waals surface area contributed by atoms with Gasteiger partial charge in [-0.05, 0) is 74.5 Å². The second-order valence-corrected chi connectivity index (χ2v) is 25.0. The van der Waals surface area contributed by atoms with Gasteiger partial charge in [-0.3, -0.25) is 72.3 Å². The van der Waals surface area contributed by atoms with Gasteiger partial charge in [0.25, 0.3) is 0 Å². The summed E-state index contributed by atoms with van der Waals surface area (Å²) in [6.07, 6.45) is -1.18. The molecule has 547 valence electrons. The number of carboxylic acid groups (broad SMARTS) is 3. The van der Waals surface area contributed by atoms with Crippen LogP contribution < -0.4 is 48.3 Å². The number of nitrogens with two attached hydrogens (primary N) is 1. The summed E-state index contributed by atoms with van der Waals surface area (Å²) in [5.41, 5.74) is 8.05. The maximum Gasteiger partial charge on any atom is 0.317 e. The van der Waals surface area contributed by atoms with Gasteiger partial charge in [0.1, 0.15) is 48.0 Å². The van der Waals surface area contributed by atoms with Crippen molar-refractivity contribution >= 4 is 101 Å². The van der Waals surface area contributed by atoms with E-state index in [1.54, 1.807) is 80.4 Å². The topological polar surface area (TPSA) is 480 Å². The summed E-state index contributed by atoms with van der Waals surface area (Å²) in [6, 6.07) is 9.75. The molecule has 1 saturated heterocycles. The summed E-state index contributed by atoms with van der Waals surface area (Å²) >= 11 is 8.58. The first kappa shape index (κ1) is 85.1. The SMILES string of the molecule is C[C@@H](O)[C@H](NC(=O)[C@H](CCCCN)NC(=O)[C@@H](Cc1c[nH]c2ccccc12)NC(=O)[C@H](Cc1ccc(O)cc1)NC(=O)[C@H](CS)NC(=O)[C@@H](Cc1ccccc1)NC(=O)CN1CCN(CC(=O)O)CCN(CC(=O)O)CCN(CC(=O)O)CC1)C(=O)N[C@@H](CS)C(=O)N[C@H](CO)[C@@H](C)O.[90Y]. The van der Waals surface area contributed by atoms with Crippen LogP contribution >= 0.6 is 25.3 Å². The molecule has 5 rings (SSSR count). The number of aromatic nitrogens is 1. The molecule has 4 aromatic rings. The first-order chi connectivity index (χ1) is 47.2. The second-order valence-electron chi connectivity index (χ2n) is 24.3. The van der Waals surface area contributed by atoms with E-state index >= 15 is 4.79 Å². The van der Waals surface area contributed by atoms with Gasteiger partial charge in [0.2, 0.25) is 47.3 Å². The molecule has 1 aliphatic rings. The number of fused-ring (bicyclic) bond motifs is 1. The summed E-state index contributed by atoms with van der Waals surface area (Å²) in [5, 5.41) is 91.3. The number of phenols is 1. The van der Waals surface area contributed by atoms with Crippen LogP contribution in [0.25, 0.3) is 10.9 Å². The maximum absolute atomic E-state index is 15.0. The molecule has 0 spiro atoms. The number of hydrogen-bond donors (Lipinski definition) is 19. The molecule has 18 N–H and O–H groups in total. The van der Waals surface area contributed by atoms with Crippen molar-refractivity contribution in [1.29, 1.82) is 0 Å². The number of benzene rings is 3. The number of aromatic amines is 1. The number of thiol groups is 2. The molecule has 35 heteroatoms. The van der Waals surface area contributed by atoms with E-state index in [4.69, 9.17) is 5.73 Å². The van der Waals surface area contributed by atoms with Crippen molar-refractivity contribution < 1.29 is 121 Å². The number of aliphatic hydroxyl groups excluding tert-OH is 3. The Morgan fingerprint density at radius 1 is 0.490 bits per heavy atom. The van der Waals surface area contributed by atoms with Gasteiger partial charge in [-0.2, -0.15) is 25.3 Å². The number of hydrogen-bond acceptors (Lipinski definition) is 22. The standard InChI is InChI=1S/C65H94N14O18S2.Y/c1-39(81)51(36-80)72-64(96)53(38-99)74-65(97)58(40(2)82)75-59(91)47(14-8-9-19-66)69-62(94)50(30-43-31-67-46-13-7-6-12-45(43)46)71-61(93)49(29-42-15-17-44(83)18-16-42)70-63(95)52(37-98)73-60(92)48(28-41-10-4-3-5-11-41)68-54(84)32-76-20-22-77(33-55(85)86)24-26-79(35-57(89)90)27-25-78(23-21-76)34-56(87)88;/h3-7,10-13,15-18,31,39-40,47-53,58,67,80-83,98-99H,8-9,14,19-30,32-38,66H2,1-2H3,(H,68,84)(H,69,94)(H,70,95)(H,71,93)(H,72,96)(H,73,92)(H,74,97)(H,75,91)(H,85,86)(H,87,88)(H,89,90);/t39-,40-,47+,48-,49+,50-,51-,52+,53+,58+;/m1./s1/i;1+1. The monoisotopic (exact) mass is 1510 g/mol. The second kappa shape index (κ2) is 44.1. The van der Waals surface area contributed by atoms with Gasteiger partial charge < -0.3 is 89.0 Å². The van der Waals surface area contributed by atoms with Gasteiger partial charge in [-0.25, -0.2) is 0 Å². The number of aromatic hydroxyl groups is 1. The number of H-pyrrole nitrogens is 1. The number of nitrogens with zero attached hydrogens (tertiary/aromatic N) is 4. The van der Waals surface area contributed by atoms with Gasteiger partial charge in [0, 0.05) is 133 Å². The number of rotatable bonds is 38. The van der Waals surface area contributed by atoms with Crippen molar-refractivity contribution in [2.24, 2.45) is 5.73 Å². The average Bonchev–Trinajstić information content (AvgIpc) is 1.68. The normalized spacial score (nSPS) is 16.6. The predicted octanol–water partition coefficient (Wildman–Crippen LogP) is -4.00. The molecule has 8 amide bonds. The van der Waals surface area contributed by atoms with Crippen LogP contribution in [0, 0.1) is 0 Å². The van der Waals surface area contributed by atoms with Crippen molar-refractivity contribution in [2.75, 3.05) is 103 Å². The smallest absolute Gasteiger partial charge is 0.317 e. The van der Waals surface area contributed by atoms with E-state index in [0.717, 1.165) is 0 Å². The van der Waals surface area contributed by atoms with Crippen LogP contribution in [0.2, 0.25) is 0 Å². The molecular weight excluding hydrogens is 1420 g/mol. The van der Waals surface area contributed by atoms with E-state index in [-0.39, 0.29) is 154 Å². The van der Waals surface area contributed by atoms with Crippen LogP contribution in [-0.2, 0) is 105 Å². The van der Waals surface area contributed by atoms with E-state index in [9.17, 15) is 83.7 Å². The van der Waals surface area contributed by atoms with Crippen LogP contribution in [0.5, 0.6) is 5.75 Å². The van der Waals surface area contributed by atoms with Crippen LogP contribution in [0.3, 0.4) is 0 Å². The third-order valence-electron chi connectivity index (χ3n) is 16.4. The van der Waals surface area contributed by atoms with Crippen molar-refractivity contribution in [3.05, 3.63) is 102 Å². The Bertz CT molecular complexity index is 3290. The molecule has 0 aliphatic carbocycles. The molecule has 2 heterocycles. The molecular formula is C65H94N14O18S2Y. The zero-order valence-corrected chi connectivity index (χ0v) is 60.5. The molecule has 0 saturated carbocycles. The van der Waals surface area contributed by atoms with E-state index in [1.165, 1.54) is 38.1 Å². The maximum atomic E-state index is 15.0. The molecule has 0 bridgehead atoms. The molecule has 32 nitrogen and oxygen atoms in total. The van der Waals surface area contributed by atoms with Crippen molar-refractivity contribution in [1.82, 2.24) is 67.1 Å². The first-order valence-electron chi connectivity index (χ1n) is 32.4. The Labute approximate surface area is 615 Å². The molecule has 100 heavy (non-hydrogen) atoms. The van der Waals surface area contributed by atoms with Crippen molar-refractivity contribution in [3.8, 4) is 5.75 Å². The number of carbonyl (C=O) groups is 11. The van der Waals surface area contributed by atoms with Gasteiger partial charge >= 0.3 is 17.9 Å². The summed E-state index contributed by atoms with van der Waals surface area (Å²) in [6.45, 7) is 1.51. The number of aliphatic carboxylic acids is 3. The number of unbranched alkanes of at least 4 members (excludes halogenated alkanes) is 1. The van der Waals surface area contributed by atoms with Gasteiger partial charge in [-0.1, -0.05) is 60.7 Å². The Morgan fingerprint density at radius 3 is 1.37 bits per heavy atom. The van der Waals surface area contributed by atoms with Crippen molar-refractivity contribution in [3.63, 3.8) is 0 Å². The number of carboxylic acids is 3. The number of amides is 8. The number of nitrogens with one attached hydrogen (secondary N) is 9.